The van der Waals surface area contributed by atoms with Crippen molar-refractivity contribution in [1.82, 2.24) is 0 Å². The molecule has 2 atom stereocenters. The summed E-state index contributed by atoms with van der Waals surface area (Å²) in [6, 6.07) is 0.306. The SMILES string of the molecule is CC(CCN)C(N)CCCCN. The van der Waals surface area contributed by atoms with Gasteiger partial charge in [-0.1, -0.05) is 13.3 Å². The van der Waals surface area contributed by atoms with E-state index >= 15 is 0 Å². The summed E-state index contributed by atoms with van der Waals surface area (Å²) in [6.07, 6.45) is 4.35. The first-order valence-electron chi connectivity index (χ1n) is 4.88. The summed E-state index contributed by atoms with van der Waals surface area (Å²) in [4.78, 5) is 0. The summed E-state index contributed by atoms with van der Waals surface area (Å²) in [5.74, 6) is 0.549. The van der Waals surface area contributed by atoms with Gasteiger partial charge in [0.2, 0.25) is 0 Å². The molecule has 0 saturated heterocycles. The molecule has 0 amide bonds. The summed E-state index contributed by atoms with van der Waals surface area (Å²) in [6.45, 7) is 3.68. The second-order valence-corrected chi connectivity index (χ2v) is 3.50. The van der Waals surface area contributed by atoms with Crippen LogP contribution in [0.2, 0.25) is 0 Å². The van der Waals surface area contributed by atoms with Gasteiger partial charge < -0.3 is 17.2 Å². The van der Waals surface area contributed by atoms with Gasteiger partial charge in [0, 0.05) is 6.04 Å². The number of nitrogens with two attached hydrogens (primary N) is 3. The average Bonchev–Trinajstić information content (AvgIpc) is 2.05. The average molecular weight is 173 g/mol. The largest absolute Gasteiger partial charge is 0.330 e. The van der Waals surface area contributed by atoms with Gasteiger partial charge in [0.1, 0.15) is 0 Å². The Bertz CT molecular complexity index is 95.8. The molecule has 0 rings (SSSR count). The molecule has 0 aliphatic heterocycles. The Morgan fingerprint density at radius 3 is 2.17 bits per heavy atom. The minimum absolute atomic E-state index is 0.306. The molecule has 0 heterocycles. The summed E-state index contributed by atoms with van der Waals surface area (Å²) < 4.78 is 0. The van der Waals surface area contributed by atoms with Crippen molar-refractivity contribution in [3.8, 4) is 0 Å². The van der Waals surface area contributed by atoms with Crippen molar-refractivity contribution in [2.45, 2.75) is 38.6 Å². The molecule has 3 heteroatoms. The minimum atomic E-state index is 0.306. The zero-order valence-corrected chi connectivity index (χ0v) is 8.13. The molecule has 0 radical (unpaired) electrons. The number of rotatable bonds is 7. The van der Waals surface area contributed by atoms with Gasteiger partial charge in [-0.25, -0.2) is 0 Å². The molecule has 0 aliphatic rings. The van der Waals surface area contributed by atoms with Gasteiger partial charge in [0.05, 0.1) is 0 Å². The van der Waals surface area contributed by atoms with Gasteiger partial charge in [-0.15, -0.1) is 0 Å². The van der Waals surface area contributed by atoms with E-state index in [1.807, 2.05) is 0 Å². The van der Waals surface area contributed by atoms with Crippen LogP contribution in [-0.2, 0) is 0 Å². The second-order valence-electron chi connectivity index (χ2n) is 3.50. The van der Waals surface area contributed by atoms with Crippen LogP contribution in [0, 0.1) is 5.92 Å². The molecule has 0 saturated carbocycles. The monoisotopic (exact) mass is 173 g/mol. The summed E-state index contributed by atoms with van der Waals surface area (Å²) >= 11 is 0. The molecule has 0 bridgehead atoms. The van der Waals surface area contributed by atoms with Crippen LogP contribution in [0.4, 0.5) is 0 Å². The van der Waals surface area contributed by atoms with Crippen LogP contribution in [0.15, 0.2) is 0 Å². The lowest BCUT2D eigenvalue weighted by Crippen LogP contribution is -2.29. The Labute approximate surface area is 75.7 Å². The smallest absolute Gasteiger partial charge is 0.00650 e. The first kappa shape index (κ1) is 11.9. The quantitative estimate of drug-likeness (QED) is 0.488. The molecule has 3 nitrogen and oxygen atoms in total. The fourth-order valence-electron chi connectivity index (χ4n) is 1.29. The Hall–Kier alpha value is -0.120. The Morgan fingerprint density at radius 1 is 1.00 bits per heavy atom. The van der Waals surface area contributed by atoms with Crippen molar-refractivity contribution in [2.75, 3.05) is 13.1 Å². The standard InChI is InChI=1S/C9H23N3/c1-8(5-7-11)9(12)4-2-3-6-10/h8-9H,2-7,10-12H2,1H3. The van der Waals surface area contributed by atoms with Gasteiger partial charge in [-0.05, 0) is 38.3 Å². The molecule has 12 heavy (non-hydrogen) atoms. The van der Waals surface area contributed by atoms with Gasteiger partial charge in [0.15, 0.2) is 0 Å². The van der Waals surface area contributed by atoms with Crippen molar-refractivity contribution in [3.63, 3.8) is 0 Å². The van der Waals surface area contributed by atoms with Gasteiger partial charge in [-0.2, -0.15) is 0 Å². The second kappa shape index (κ2) is 7.53. The van der Waals surface area contributed by atoms with Crippen LogP contribution >= 0.6 is 0 Å². The maximum atomic E-state index is 5.95. The molecule has 0 aromatic carbocycles. The third kappa shape index (κ3) is 5.52. The molecule has 0 aromatic rings. The summed E-state index contributed by atoms with van der Waals surface area (Å²) in [5, 5.41) is 0. The van der Waals surface area contributed by atoms with E-state index in [1.54, 1.807) is 0 Å². The first-order valence-corrected chi connectivity index (χ1v) is 4.88. The third-order valence-corrected chi connectivity index (χ3v) is 2.34. The van der Waals surface area contributed by atoms with Crippen molar-refractivity contribution in [2.24, 2.45) is 23.1 Å². The molecule has 74 valence electrons. The Kier molecular flexibility index (Phi) is 7.45. The van der Waals surface area contributed by atoms with Crippen LogP contribution in [0.3, 0.4) is 0 Å². The lowest BCUT2D eigenvalue weighted by atomic mass is 9.95. The first-order chi connectivity index (χ1) is 5.72. The van der Waals surface area contributed by atoms with Crippen LogP contribution in [-0.4, -0.2) is 19.1 Å². The molecule has 0 aromatic heterocycles. The van der Waals surface area contributed by atoms with Gasteiger partial charge in [0.25, 0.3) is 0 Å². The fraction of sp³-hybridized carbons (Fsp3) is 1.00. The zero-order valence-electron chi connectivity index (χ0n) is 8.13. The normalized spacial score (nSPS) is 16.0. The molecule has 0 spiro atoms. The van der Waals surface area contributed by atoms with Crippen LogP contribution in [0.1, 0.15) is 32.6 Å². The van der Waals surface area contributed by atoms with Crippen molar-refractivity contribution < 1.29 is 0 Å². The highest BCUT2D eigenvalue weighted by Gasteiger charge is 2.10. The third-order valence-electron chi connectivity index (χ3n) is 2.34. The van der Waals surface area contributed by atoms with Crippen LogP contribution < -0.4 is 17.2 Å². The van der Waals surface area contributed by atoms with E-state index in [4.69, 9.17) is 17.2 Å². The van der Waals surface area contributed by atoms with E-state index in [1.165, 1.54) is 0 Å². The van der Waals surface area contributed by atoms with Crippen molar-refractivity contribution in [3.05, 3.63) is 0 Å². The summed E-state index contributed by atoms with van der Waals surface area (Å²) in [5.41, 5.74) is 16.8. The highest BCUT2D eigenvalue weighted by atomic mass is 14.6. The van der Waals surface area contributed by atoms with E-state index in [-0.39, 0.29) is 0 Å². The Balaban J connectivity index is 3.35. The predicted molar refractivity (Wildman–Crippen MR) is 53.7 cm³/mol. The zero-order chi connectivity index (χ0) is 9.40. The molecular weight excluding hydrogens is 150 g/mol. The lowest BCUT2D eigenvalue weighted by molar-refractivity contribution is 0.400. The molecule has 0 fully saturated rings. The van der Waals surface area contributed by atoms with E-state index in [2.05, 4.69) is 6.92 Å². The van der Waals surface area contributed by atoms with Crippen molar-refractivity contribution in [1.29, 1.82) is 0 Å². The maximum Gasteiger partial charge on any atom is 0.00650 e. The van der Waals surface area contributed by atoms with Gasteiger partial charge >= 0.3 is 0 Å². The van der Waals surface area contributed by atoms with E-state index in [0.29, 0.717) is 12.0 Å². The van der Waals surface area contributed by atoms with Crippen LogP contribution in [0.5, 0.6) is 0 Å². The minimum Gasteiger partial charge on any atom is -0.330 e. The highest BCUT2D eigenvalue weighted by Crippen LogP contribution is 2.10. The summed E-state index contributed by atoms with van der Waals surface area (Å²) in [7, 11) is 0. The van der Waals surface area contributed by atoms with E-state index in [9.17, 15) is 0 Å². The number of hydrogen-bond donors (Lipinski definition) is 3. The molecule has 2 unspecified atom stereocenters. The van der Waals surface area contributed by atoms with Crippen molar-refractivity contribution >= 4 is 0 Å². The maximum absolute atomic E-state index is 5.95. The molecule has 6 N–H and O–H groups in total. The number of unbranched alkanes of at least 4 members (excludes halogenated alkanes) is 1. The van der Waals surface area contributed by atoms with E-state index < -0.39 is 0 Å². The van der Waals surface area contributed by atoms with E-state index in [0.717, 1.165) is 38.8 Å². The lowest BCUT2D eigenvalue weighted by Gasteiger charge is -2.18. The fourth-order valence-corrected chi connectivity index (χ4v) is 1.29. The topological polar surface area (TPSA) is 78.1 Å². The highest BCUT2D eigenvalue weighted by molar-refractivity contribution is 4.69. The van der Waals surface area contributed by atoms with Gasteiger partial charge in [-0.3, -0.25) is 0 Å². The molecule has 0 aliphatic carbocycles. The predicted octanol–water partition coefficient (Wildman–Crippen LogP) is 0.428. The Morgan fingerprint density at radius 2 is 1.67 bits per heavy atom. The van der Waals surface area contributed by atoms with Crippen LogP contribution in [0.25, 0.3) is 0 Å². The molecular formula is C9H23N3. The number of hydrogen-bond acceptors (Lipinski definition) is 3.